The number of carbonyl (C=O) groups excluding carboxylic acids is 2. The predicted molar refractivity (Wildman–Crippen MR) is 53.3 cm³/mol. The molecule has 0 aromatic heterocycles. The number of nitrogens with zero attached hydrogens (tertiary/aromatic N) is 1. The van der Waals surface area contributed by atoms with Gasteiger partial charge in [-0.15, -0.1) is 0 Å². The van der Waals surface area contributed by atoms with Crippen molar-refractivity contribution < 1.29 is 14.3 Å². The van der Waals surface area contributed by atoms with Crippen molar-refractivity contribution in [1.82, 2.24) is 10.2 Å². The van der Waals surface area contributed by atoms with Crippen LogP contribution in [-0.2, 0) is 9.53 Å². The van der Waals surface area contributed by atoms with Crippen LogP contribution in [0.1, 0.15) is 26.2 Å². The molecule has 0 aromatic rings. The lowest BCUT2D eigenvalue weighted by Gasteiger charge is -2.31. The van der Waals surface area contributed by atoms with E-state index in [9.17, 15) is 9.59 Å². The zero-order valence-electron chi connectivity index (χ0n) is 8.91. The molecule has 5 heteroatoms. The Kier molecular flexibility index (Phi) is 2.54. The summed E-state index contributed by atoms with van der Waals surface area (Å²) in [6, 6.07) is 0. The fraction of sp³-hybridized carbons (Fsp3) is 0.800. The Morgan fingerprint density at radius 2 is 2.40 bits per heavy atom. The first-order chi connectivity index (χ1) is 7.20. The third-order valence-electron chi connectivity index (χ3n) is 3.22. The fourth-order valence-electron chi connectivity index (χ4n) is 2.50. The van der Waals surface area contributed by atoms with Gasteiger partial charge < -0.3 is 10.1 Å². The Hall–Kier alpha value is -1.26. The van der Waals surface area contributed by atoms with Gasteiger partial charge in [-0.2, -0.15) is 0 Å². The van der Waals surface area contributed by atoms with Crippen molar-refractivity contribution in [1.29, 1.82) is 0 Å². The number of ether oxygens (including phenoxy) is 1. The Morgan fingerprint density at radius 3 is 3.00 bits per heavy atom. The summed E-state index contributed by atoms with van der Waals surface area (Å²) < 4.78 is 4.97. The molecule has 0 saturated carbocycles. The number of hydrogen-bond donors (Lipinski definition) is 1. The summed E-state index contributed by atoms with van der Waals surface area (Å²) in [5.74, 6) is -0.0203. The molecule has 1 unspecified atom stereocenters. The lowest BCUT2D eigenvalue weighted by molar-refractivity contribution is -0.127. The molecule has 2 aliphatic heterocycles. The van der Waals surface area contributed by atoms with E-state index in [2.05, 4.69) is 5.32 Å². The van der Waals surface area contributed by atoms with Crippen LogP contribution in [0.3, 0.4) is 0 Å². The molecule has 15 heavy (non-hydrogen) atoms. The van der Waals surface area contributed by atoms with E-state index in [4.69, 9.17) is 4.74 Å². The van der Waals surface area contributed by atoms with E-state index < -0.39 is 5.54 Å². The number of nitrogens with one attached hydrogen (secondary N) is 1. The summed E-state index contributed by atoms with van der Waals surface area (Å²) in [5, 5.41) is 2.79. The second kappa shape index (κ2) is 3.72. The minimum atomic E-state index is -0.605. The van der Waals surface area contributed by atoms with E-state index in [1.54, 1.807) is 11.8 Å². The van der Waals surface area contributed by atoms with Crippen molar-refractivity contribution in [2.75, 3.05) is 19.7 Å². The van der Waals surface area contributed by atoms with Crippen LogP contribution >= 0.6 is 0 Å². The lowest BCUT2D eigenvalue weighted by Crippen LogP contribution is -2.52. The van der Waals surface area contributed by atoms with Crippen molar-refractivity contribution in [2.24, 2.45) is 0 Å². The smallest absolute Gasteiger partial charge is 0.410 e. The van der Waals surface area contributed by atoms with E-state index in [1.165, 1.54) is 0 Å². The van der Waals surface area contributed by atoms with E-state index in [1.807, 2.05) is 0 Å². The standard InChI is InChI=1S/C10H16N2O3/c1-2-15-9(14)12-7-3-4-10(12)5-6-11-8(10)13/h2-7H2,1H3,(H,11,13). The molecule has 2 amide bonds. The summed E-state index contributed by atoms with van der Waals surface area (Å²) in [6.45, 7) is 3.42. The number of likely N-dealkylation sites (tertiary alicyclic amines) is 1. The first kappa shape index (κ1) is 10.3. The van der Waals surface area contributed by atoms with Gasteiger partial charge >= 0.3 is 6.09 Å². The number of carbonyl (C=O) groups is 2. The maximum absolute atomic E-state index is 11.8. The molecule has 2 aliphatic rings. The monoisotopic (exact) mass is 212 g/mol. The SMILES string of the molecule is CCOC(=O)N1CCCC12CCNC2=O. The Labute approximate surface area is 88.8 Å². The lowest BCUT2D eigenvalue weighted by atomic mass is 9.95. The molecule has 5 nitrogen and oxygen atoms in total. The zero-order chi connectivity index (χ0) is 10.9. The molecule has 2 fully saturated rings. The number of rotatable bonds is 1. The van der Waals surface area contributed by atoms with Crippen molar-refractivity contribution in [3.8, 4) is 0 Å². The van der Waals surface area contributed by atoms with Gasteiger partial charge in [0.05, 0.1) is 6.61 Å². The maximum Gasteiger partial charge on any atom is 0.410 e. The third kappa shape index (κ3) is 1.46. The maximum atomic E-state index is 11.8. The van der Waals surface area contributed by atoms with Gasteiger partial charge in [0.2, 0.25) is 5.91 Å². The van der Waals surface area contributed by atoms with Crippen LogP contribution in [-0.4, -0.2) is 42.1 Å². The average molecular weight is 212 g/mol. The normalized spacial score (nSPS) is 29.7. The van der Waals surface area contributed by atoms with Crippen LogP contribution in [0.15, 0.2) is 0 Å². The molecule has 0 aliphatic carbocycles. The molecule has 2 rings (SSSR count). The zero-order valence-corrected chi connectivity index (χ0v) is 8.91. The number of amides is 2. The van der Waals surface area contributed by atoms with Crippen LogP contribution in [0.2, 0.25) is 0 Å². The topological polar surface area (TPSA) is 58.6 Å². The van der Waals surface area contributed by atoms with Crippen LogP contribution in [0.5, 0.6) is 0 Å². The average Bonchev–Trinajstić information content (AvgIpc) is 2.77. The molecule has 2 saturated heterocycles. The van der Waals surface area contributed by atoms with Crippen LogP contribution < -0.4 is 5.32 Å². The minimum absolute atomic E-state index is 0.0203. The molecule has 1 spiro atoms. The molecular weight excluding hydrogens is 196 g/mol. The van der Waals surface area contributed by atoms with Crippen LogP contribution in [0, 0.1) is 0 Å². The van der Waals surface area contributed by atoms with Crippen molar-refractivity contribution >= 4 is 12.0 Å². The van der Waals surface area contributed by atoms with Crippen molar-refractivity contribution in [3.05, 3.63) is 0 Å². The van der Waals surface area contributed by atoms with Gasteiger partial charge in [0.25, 0.3) is 0 Å². The van der Waals surface area contributed by atoms with Gasteiger partial charge in [-0.1, -0.05) is 0 Å². The van der Waals surface area contributed by atoms with Crippen molar-refractivity contribution in [3.63, 3.8) is 0 Å². The second-order valence-corrected chi connectivity index (χ2v) is 3.99. The van der Waals surface area contributed by atoms with Gasteiger partial charge in [-0.25, -0.2) is 4.79 Å². The highest BCUT2D eigenvalue weighted by atomic mass is 16.6. The van der Waals surface area contributed by atoms with Gasteiger partial charge in [0.15, 0.2) is 0 Å². The van der Waals surface area contributed by atoms with Crippen LogP contribution in [0.4, 0.5) is 4.79 Å². The molecule has 0 aromatic carbocycles. The van der Waals surface area contributed by atoms with Gasteiger partial charge in [-0.3, -0.25) is 9.69 Å². The minimum Gasteiger partial charge on any atom is -0.450 e. The summed E-state index contributed by atoms with van der Waals surface area (Å²) in [4.78, 5) is 25.0. The molecular formula is C10H16N2O3. The van der Waals surface area contributed by atoms with Crippen molar-refractivity contribution in [2.45, 2.75) is 31.7 Å². The van der Waals surface area contributed by atoms with Gasteiger partial charge in [-0.05, 0) is 26.2 Å². The molecule has 84 valence electrons. The summed E-state index contributed by atoms with van der Waals surface area (Å²) in [6.07, 6.45) is 2.00. The third-order valence-corrected chi connectivity index (χ3v) is 3.22. The molecule has 1 atom stereocenters. The van der Waals surface area contributed by atoms with E-state index in [0.717, 1.165) is 12.8 Å². The Morgan fingerprint density at radius 1 is 1.60 bits per heavy atom. The summed E-state index contributed by atoms with van der Waals surface area (Å²) in [5.41, 5.74) is -0.605. The van der Waals surface area contributed by atoms with Crippen LogP contribution in [0.25, 0.3) is 0 Å². The molecule has 1 N–H and O–H groups in total. The molecule has 0 radical (unpaired) electrons. The highest BCUT2D eigenvalue weighted by molar-refractivity contribution is 5.92. The first-order valence-corrected chi connectivity index (χ1v) is 5.43. The van der Waals surface area contributed by atoms with E-state index >= 15 is 0 Å². The Balaban J connectivity index is 2.17. The van der Waals surface area contributed by atoms with E-state index in [-0.39, 0.29) is 12.0 Å². The quantitative estimate of drug-likeness (QED) is 0.688. The fourth-order valence-corrected chi connectivity index (χ4v) is 2.50. The van der Waals surface area contributed by atoms with Gasteiger partial charge in [0.1, 0.15) is 5.54 Å². The summed E-state index contributed by atoms with van der Waals surface area (Å²) >= 11 is 0. The summed E-state index contributed by atoms with van der Waals surface area (Å²) in [7, 11) is 0. The highest BCUT2D eigenvalue weighted by Gasteiger charge is 2.52. The van der Waals surface area contributed by atoms with E-state index in [0.29, 0.717) is 26.1 Å². The van der Waals surface area contributed by atoms with Gasteiger partial charge in [0, 0.05) is 13.1 Å². The first-order valence-electron chi connectivity index (χ1n) is 5.43. The highest BCUT2D eigenvalue weighted by Crippen LogP contribution is 2.35. The Bertz CT molecular complexity index is 288. The largest absolute Gasteiger partial charge is 0.450 e. The predicted octanol–water partition coefficient (Wildman–Crippen LogP) is 0.497. The molecule has 2 heterocycles. The second-order valence-electron chi connectivity index (χ2n) is 3.99. The molecule has 0 bridgehead atoms. The number of hydrogen-bond acceptors (Lipinski definition) is 3.